The van der Waals surface area contributed by atoms with Crippen LogP contribution in [0.3, 0.4) is 0 Å². The highest BCUT2D eigenvalue weighted by atomic mass is 19.1. The van der Waals surface area contributed by atoms with E-state index in [4.69, 9.17) is 0 Å². The number of aliphatic hydroxyl groups is 1. The maximum Gasteiger partial charge on any atom is 0.194 e. The fourth-order valence-corrected chi connectivity index (χ4v) is 3.26. The molecule has 3 rings (SSSR count). The number of nitrogens with zero attached hydrogens (tertiary/aromatic N) is 3. The second-order valence-corrected chi connectivity index (χ2v) is 6.67. The number of hydrogen-bond donors (Lipinski definition) is 2. The summed E-state index contributed by atoms with van der Waals surface area (Å²) >= 11 is 0. The Morgan fingerprint density at radius 3 is 2.54 bits per heavy atom. The molecule has 1 saturated heterocycles. The number of hydrogen-bond acceptors (Lipinski definition) is 3. The van der Waals surface area contributed by atoms with Gasteiger partial charge in [0.15, 0.2) is 5.96 Å². The molecule has 6 heteroatoms. The molecule has 2 N–H and O–H groups in total. The van der Waals surface area contributed by atoms with Crippen LogP contribution in [0.1, 0.15) is 26.2 Å². The van der Waals surface area contributed by atoms with Crippen molar-refractivity contribution in [2.24, 2.45) is 4.99 Å². The summed E-state index contributed by atoms with van der Waals surface area (Å²) in [5, 5.41) is 13.6. The summed E-state index contributed by atoms with van der Waals surface area (Å²) in [5.41, 5.74) is 0.0678. The van der Waals surface area contributed by atoms with Crippen LogP contribution < -0.4 is 10.2 Å². The number of aliphatic imine (C=N–C) groups is 1. The molecule has 0 spiro atoms. The Hall–Kier alpha value is -1.82. The van der Waals surface area contributed by atoms with E-state index in [-0.39, 0.29) is 5.82 Å². The van der Waals surface area contributed by atoms with E-state index in [0.29, 0.717) is 12.2 Å². The largest absolute Gasteiger partial charge is 0.388 e. The summed E-state index contributed by atoms with van der Waals surface area (Å²) in [5.74, 6) is 0.685. The van der Waals surface area contributed by atoms with Crippen LogP contribution in [0.25, 0.3) is 0 Å². The van der Waals surface area contributed by atoms with Gasteiger partial charge in [-0.3, -0.25) is 4.99 Å². The van der Waals surface area contributed by atoms with Gasteiger partial charge in [-0.2, -0.15) is 0 Å². The zero-order valence-corrected chi connectivity index (χ0v) is 14.3. The molecule has 1 aliphatic heterocycles. The molecule has 1 aliphatic carbocycles. The Morgan fingerprint density at radius 1 is 1.25 bits per heavy atom. The second-order valence-electron chi connectivity index (χ2n) is 6.67. The Morgan fingerprint density at radius 2 is 1.96 bits per heavy atom. The van der Waals surface area contributed by atoms with Crippen LogP contribution in [-0.2, 0) is 0 Å². The minimum absolute atomic E-state index is 0.168. The molecule has 132 valence electrons. The van der Waals surface area contributed by atoms with Crippen LogP contribution in [0.5, 0.6) is 0 Å². The molecule has 1 saturated carbocycles. The minimum Gasteiger partial charge on any atom is -0.388 e. The molecule has 0 atom stereocenters. The molecule has 0 bridgehead atoms. The molecule has 0 radical (unpaired) electrons. The van der Waals surface area contributed by atoms with Crippen LogP contribution >= 0.6 is 0 Å². The van der Waals surface area contributed by atoms with E-state index in [1.165, 1.54) is 6.07 Å². The Bertz CT molecular complexity index is 580. The van der Waals surface area contributed by atoms with E-state index in [1.807, 2.05) is 19.1 Å². The van der Waals surface area contributed by atoms with Crippen molar-refractivity contribution < 1.29 is 9.50 Å². The zero-order valence-electron chi connectivity index (χ0n) is 14.3. The summed E-state index contributed by atoms with van der Waals surface area (Å²) in [6.45, 7) is 6.40. The zero-order chi connectivity index (χ0) is 17.0. The number of anilines is 1. The van der Waals surface area contributed by atoms with Crippen LogP contribution in [0, 0.1) is 5.82 Å². The highest BCUT2D eigenvalue weighted by Gasteiger charge is 2.34. The van der Waals surface area contributed by atoms with Crippen LogP contribution in [0.15, 0.2) is 29.3 Å². The first-order valence-electron chi connectivity index (χ1n) is 8.86. The van der Waals surface area contributed by atoms with Gasteiger partial charge in [0, 0.05) is 32.7 Å². The van der Waals surface area contributed by atoms with Crippen molar-refractivity contribution in [3.63, 3.8) is 0 Å². The molecule has 1 aromatic carbocycles. The van der Waals surface area contributed by atoms with Gasteiger partial charge in [-0.15, -0.1) is 0 Å². The third-order valence-electron chi connectivity index (χ3n) is 4.91. The van der Waals surface area contributed by atoms with E-state index in [2.05, 4.69) is 20.1 Å². The number of nitrogens with one attached hydrogen (secondary N) is 1. The van der Waals surface area contributed by atoms with Crippen molar-refractivity contribution in [1.29, 1.82) is 0 Å². The summed E-state index contributed by atoms with van der Waals surface area (Å²) in [4.78, 5) is 8.91. The summed E-state index contributed by atoms with van der Waals surface area (Å²) in [6.07, 6.45) is 2.78. The van der Waals surface area contributed by atoms with Crippen molar-refractivity contribution in [2.45, 2.75) is 31.8 Å². The lowest BCUT2D eigenvalue weighted by Crippen LogP contribution is -2.53. The maximum absolute atomic E-state index is 13.9. The Kier molecular flexibility index (Phi) is 5.23. The molecule has 0 amide bonds. The number of piperazine rings is 1. The van der Waals surface area contributed by atoms with Gasteiger partial charge in [0.1, 0.15) is 5.82 Å². The number of halogens is 1. The fraction of sp³-hybridized carbons (Fsp3) is 0.611. The highest BCUT2D eigenvalue weighted by Crippen LogP contribution is 2.31. The first-order valence-corrected chi connectivity index (χ1v) is 8.86. The average molecular weight is 334 g/mol. The van der Waals surface area contributed by atoms with Gasteiger partial charge in [0.2, 0.25) is 0 Å². The molecule has 2 aliphatic rings. The van der Waals surface area contributed by atoms with Gasteiger partial charge in [-0.05, 0) is 38.3 Å². The Labute approximate surface area is 143 Å². The van der Waals surface area contributed by atoms with Crippen molar-refractivity contribution in [3.05, 3.63) is 30.1 Å². The van der Waals surface area contributed by atoms with Crippen molar-refractivity contribution in [3.8, 4) is 0 Å². The fourth-order valence-electron chi connectivity index (χ4n) is 3.26. The standard InChI is InChI=1S/C18H27FN4O/c1-2-20-17(21-14-18(24)8-5-9-18)23-12-10-22(11-13-23)16-7-4-3-6-15(16)19/h3-4,6-7,24H,2,5,8-14H2,1H3,(H,20,21). The van der Waals surface area contributed by atoms with Crippen LogP contribution in [-0.4, -0.2) is 60.8 Å². The quantitative estimate of drug-likeness (QED) is 0.652. The third-order valence-corrected chi connectivity index (χ3v) is 4.91. The smallest absolute Gasteiger partial charge is 0.194 e. The maximum atomic E-state index is 13.9. The van der Waals surface area contributed by atoms with Gasteiger partial charge >= 0.3 is 0 Å². The van der Waals surface area contributed by atoms with Gasteiger partial charge < -0.3 is 20.2 Å². The molecule has 24 heavy (non-hydrogen) atoms. The molecular formula is C18H27FN4O. The normalized spacial score (nSPS) is 20.7. The molecule has 5 nitrogen and oxygen atoms in total. The predicted molar refractivity (Wildman–Crippen MR) is 95.0 cm³/mol. The van der Waals surface area contributed by atoms with E-state index >= 15 is 0 Å². The number of para-hydroxylation sites is 1. The van der Waals surface area contributed by atoms with Crippen molar-refractivity contribution in [1.82, 2.24) is 10.2 Å². The SMILES string of the molecule is CCNC(=NCC1(O)CCC1)N1CCN(c2ccccc2F)CC1. The molecule has 2 fully saturated rings. The van der Waals surface area contributed by atoms with Gasteiger partial charge in [0.25, 0.3) is 0 Å². The van der Waals surface area contributed by atoms with E-state index in [9.17, 15) is 9.50 Å². The topological polar surface area (TPSA) is 51.1 Å². The van der Waals surface area contributed by atoms with Gasteiger partial charge in [0.05, 0.1) is 17.8 Å². The highest BCUT2D eigenvalue weighted by molar-refractivity contribution is 5.80. The lowest BCUT2D eigenvalue weighted by molar-refractivity contribution is -0.0237. The van der Waals surface area contributed by atoms with E-state index in [0.717, 1.165) is 57.9 Å². The second kappa shape index (κ2) is 7.38. The summed E-state index contributed by atoms with van der Waals surface area (Å²) < 4.78 is 13.9. The van der Waals surface area contributed by atoms with Crippen molar-refractivity contribution in [2.75, 3.05) is 44.2 Å². The average Bonchev–Trinajstić information content (AvgIpc) is 2.58. The first kappa shape index (κ1) is 17.0. The summed E-state index contributed by atoms with van der Waals surface area (Å²) in [7, 11) is 0. The number of guanidine groups is 1. The molecule has 1 aromatic rings. The van der Waals surface area contributed by atoms with Crippen molar-refractivity contribution >= 4 is 11.6 Å². The first-order chi connectivity index (χ1) is 11.6. The van der Waals surface area contributed by atoms with Crippen LogP contribution in [0.2, 0.25) is 0 Å². The minimum atomic E-state index is -0.602. The van der Waals surface area contributed by atoms with E-state index in [1.54, 1.807) is 6.07 Å². The number of rotatable bonds is 4. The monoisotopic (exact) mass is 334 g/mol. The van der Waals surface area contributed by atoms with Crippen LogP contribution in [0.4, 0.5) is 10.1 Å². The Balaban J connectivity index is 1.60. The molecule has 1 heterocycles. The van der Waals surface area contributed by atoms with Gasteiger partial charge in [-0.25, -0.2) is 4.39 Å². The molecule has 0 aromatic heterocycles. The third kappa shape index (κ3) is 3.80. The van der Waals surface area contributed by atoms with E-state index < -0.39 is 5.60 Å². The molecular weight excluding hydrogens is 307 g/mol. The predicted octanol–water partition coefficient (Wildman–Crippen LogP) is 1.83. The molecule has 0 unspecified atom stereocenters. The lowest BCUT2D eigenvalue weighted by atomic mass is 9.80. The summed E-state index contributed by atoms with van der Waals surface area (Å²) in [6, 6.07) is 6.93. The lowest BCUT2D eigenvalue weighted by Gasteiger charge is -2.39. The number of benzene rings is 1. The van der Waals surface area contributed by atoms with Gasteiger partial charge in [-0.1, -0.05) is 12.1 Å².